The number of rotatable bonds is 7. The summed E-state index contributed by atoms with van der Waals surface area (Å²) in [6, 6.07) is 21.0. The lowest BCUT2D eigenvalue weighted by Gasteiger charge is -2.17. The van der Waals surface area contributed by atoms with Crippen molar-refractivity contribution in [1.29, 1.82) is 0 Å². The Kier molecular flexibility index (Phi) is 6.70. The van der Waals surface area contributed by atoms with E-state index in [4.69, 9.17) is 4.74 Å². The van der Waals surface area contributed by atoms with Crippen molar-refractivity contribution in [3.8, 4) is 0 Å². The Morgan fingerprint density at radius 1 is 0.800 bits per heavy atom. The van der Waals surface area contributed by atoms with Crippen LogP contribution in [0.3, 0.4) is 0 Å². The van der Waals surface area contributed by atoms with Crippen LogP contribution in [0.15, 0.2) is 78.9 Å². The summed E-state index contributed by atoms with van der Waals surface area (Å²) in [5.41, 5.74) is 1.59. The number of halogens is 1. The van der Waals surface area contributed by atoms with Crippen LogP contribution >= 0.6 is 0 Å². The summed E-state index contributed by atoms with van der Waals surface area (Å²) in [7, 11) is 1.51. The molecule has 0 fully saturated rings. The van der Waals surface area contributed by atoms with Gasteiger partial charge in [0.05, 0.1) is 5.56 Å². The Labute approximate surface area is 173 Å². The maximum atomic E-state index is 13.7. The van der Waals surface area contributed by atoms with E-state index in [0.717, 1.165) is 0 Å². The molecule has 0 spiro atoms. The number of esters is 1. The van der Waals surface area contributed by atoms with E-state index in [-0.39, 0.29) is 17.9 Å². The van der Waals surface area contributed by atoms with Gasteiger partial charge in [-0.2, -0.15) is 0 Å². The maximum Gasteiger partial charge on any atom is 0.338 e. The normalized spacial score (nSPS) is 10.3. The van der Waals surface area contributed by atoms with Crippen LogP contribution in [0, 0.1) is 5.82 Å². The molecule has 1 amide bonds. The van der Waals surface area contributed by atoms with E-state index < -0.39 is 24.3 Å². The number of amides is 1. The van der Waals surface area contributed by atoms with Gasteiger partial charge in [0.2, 0.25) is 0 Å². The van der Waals surface area contributed by atoms with Crippen LogP contribution in [0.5, 0.6) is 0 Å². The lowest BCUT2D eigenvalue weighted by Crippen LogP contribution is -2.31. The Balaban J connectivity index is 1.55. The molecule has 0 aliphatic rings. The summed E-state index contributed by atoms with van der Waals surface area (Å²) in [5, 5.41) is 0. The molecule has 0 unspecified atom stereocenters. The van der Waals surface area contributed by atoms with Gasteiger partial charge in [-0.1, -0.05) is 60.7 Å². The molecule has 3 rings (SSSR count). The van der Waals surface area contributed by atoms with Crippen molar-refractivity contribution < 1.29 is 23.5 Å². The summed E-state index contributed by atoms with van der Waals surface area (Å²) < 4.78 is 18.8. The van der Waals surface area contributed by atoms with Crippen molar-refractivity contribution in [2.24, 2.45) is 0 Å². The highest BCUT2D eigenvalue weighted by Gasteiger charge is 2.16. The largest absolute Gasteiger partial charge is 0.452 e. The van der Waals surface area contributed by atoms with Gasteiger partial charge >= 0.3 is 5.97 Å². The van der Waals surface area contributed by atoms with Crippen LogP contribution < -0.4 is 0 Å². The fourth-order valence-electron chi connectivity index (χ4n) is 2.81. The van der Waals surface area contributed by atoms with Gasteiger partial charge in [-0.3, -0.25) is 9.59 Å². The molecule has 0 aromatic heterocycles. The van der Waals surface area contributed by atoms with Crippen molar-refractivity contribution in [2.45, 2.75) is 6.54 Å². The smallest absolute Gasteiger partial charge is 0.338 e. The Morgan fingerprint density at radius 3 is 2.03 bits per heavy atom. The number of benzene rings is 3. The molecule has 0 atom stereocenters. The zero-order chi connectivity index (χ0) is 21.5. The van der Waals surface area contributed by atoms with E-state index in [1.807, 2.05) is 6.07 Å². The van der Waals surface area contributed by atoms with Crippen LogP contribution in [-0.2, 0) is 16.1 Å². The predicted octanol–water partition coefficient (Wildman–Crippen LogP) is 3.87. The lowest BCUT2D eigenvalue weighted by atomic mass is 10.0. The third-order valence-electron chi connectivity index (χ3n) is 4.54. The molecule has 0 bridgehead atoms. The third kappa shape index (κ3) is 5.17. The van der Waals surface area contributed by atoms with Crippen molar-refractivity contribution in [3.63, 3.8) is 0 Å². The molecule has 0 heterocycles. The minimum absolute atomic E-state index is 0.0688. The van der Waals surface area contributed by atoms with E-state index in [9.17, 15) is 18.8 Å². The quantitative estimate of drug-likeness (QED) is 0.442. The number of ketones is 1. The number of hydrogen-bond acceptors (Lipinski definition) is 4. The minimum Gasteiger partial charge on any atom is -0.452 e. The minimum atomic E-state index is -0.679. The van der Waals surface area contributed by atoms with E-state index in [1.165, 1.54) is 42.3 Å². The monoisotopic (exact) mass is 405 g/mol. The second-order valence-corrected chi connectivity index (χ2v) is 6.69. The zero-order valence-electron chi connectivity index (χ0n) is 16.4. The number of nitrogens with zero attached hydrogens (tertiary/aromatic N) is 1. The van der Waals surface area contributed by atoms with Crippen LogP contribution in [0.4, 0.5) is 4.39 Å². The van der Waals surface area contributed by atoms with Crippen molar-refractivity contribution >= 4 is 17.7 Å². The molecule has 3 aromatic carbocycles. The lowest BCUT2D eigenvalue weighted by molar-refractivity contribution is -0.133. The average Bonchev–Trinajstić information content (AvgIpc) is 2.79. The first kappa shape index (κ1) is 20.9. The number of ether oxygens (including phenoxy) is 1. The van der Waals surface area contributed by atoms with Gasteiger partial charge < -0.3 is 9.64 Å². The zero-order valence-corrected chi connectivity index (χ0v) is 16.4. The predicted molar refractivity (Wildman–Crippen MR) is 109 cm³/mol. The van der Waals surface area contributed by atoms with Gasteiger partial charge in [0.25, 0.3) is 5.91 Å². The van der Waals surface area contributed by atoms with Gasteiger partial charge in [0.1, 0.15) is 5.82 Å². The van der Waals surface area contributed by atoms with E-state index >= 15 is 0 Å². The van der Waals surface area contributed by atoms with Crippen molar-refractivity contribution in [3.05, 3.63) is 107 Å². The molecule has 5 nitrogen and oxygen atoms in total. The molecular formula is C24H20FNO4. The first-order valence-corrected chi connectivity index (χ1v) is 9.30. The molecule has 6 heteroatoms. The van der Waals surface area contributed by atoms with Crippen molar-refractivity contribution in [1.82, 2.24) is 4.90 Å². The Morgan fingerprint density at radius 2 is 1.37 bits per heavy atom. The van der Waals surface area contributed by atoms with E-state index in [1.54, 1.807) is 42.5 Å². The third-order valence-corrected chi connectivity index (χ3v) is 4.54. The molecule has 0 saturated carbocycles. The molecule has 152 valence electrons. The van der Waals surface area contributed by atoms with Crippen molar-refractivity contribution in [2.75, 3.05) is 13.7 Å². The summed E-state index contributed by atoms with van der Waals surface area (Å²) in [4.78, 5) is 38.1. The summed E-state index contributed by atoms with van der Waals surface area (Å²) in [6.45, 7) is -0.395. The molecule has 30 heavy (non-hydrogen) atoms. The first-order valence-electron chi connectivity index (χ1n) is 9.30. The Hall–Kier alpha value is -3.80. The van der Waals surface area contributed by atoms with Gasteiger partial charge in [-0.25, -0.2) is 9.18 Å². The summed E-state index contributed by atoms with van der Waals surface area (Å²) >= 11 is 0. The molecule has 0 saturated heterocycles. The number of likely N-dealkylation sites (N-methyl/N-ethyl adjacent to an activating group) is 1. The van der Waals surface area contributed by atoms with Gasteiger partial charge in [0.15, 0.2) is 12.4 Å². The van der Waals surface area contributed by atoms with Crippen LogP contribution in [0.2, 0.25) is 0 Å². The Bertz CT molecular complexity index is 1050. The summed E-state index contributed by atoms with van der Waals surface area (Å²) in [6.07, 6.45) is 0. The number of carbonyl (C=O) groups is 3. The molecule has 0 radical (unpaired) electrons. The van der Waals surface area contributed by atoms with Crippen LogP contribution in [-0.4, -0.2) is 36.2 Å². The standard InChI is InChI=1S/C24H20FNO4/c1-26(15-20-9-5-6-10-21(20)25)22(27)16-30-24(29)19-13-11-18(12-14-19)23(28)17-7-3-2-4-8-17/h2-14H,15-16H2,1H3. The topological polar surface area (TPSA) is 63.7 Å². The molecule has 3 aromatic rings. The number of hydrogen-bond donors (Lipinski definition) is 0. The molecule has 0 aliphatic carbocycles. The fraction of sp³-hybridized carbons (Fsp3) is 0.125. The number of carbonyl (C=O) groups excluding carboxylic acids is 3. The van der Waals surface area contributed by atoms with E-state index in [0.29, 0.717) is 16.7 Å². The molecule has 0 aliphatic heterocycles. The van der Waals surface area contributed by atoms with E-state index in [2.05, 4.69) is 0 Å². The highest BCUT2D eigenvalue weighted by atomic mass is 19.1. The molecular weight excluding hydrogens is 385 g/mol. The van der Waals surface area contributed by atoms with Gasteiger partial charge in [-0.05, 0) is 18.2 Å². The van der Waals surface area contributed by atoms with Gasteiger partial charge in [-0.15, -0.1) is 0 Å². The van der Waals surface area contributed by atoms with Crippen LogP contribution in [0.25, 0.3) is 0 Å². The maximum absolute atomic E-state index is 13.7. The second-order valence-electron chi connectivity index (χ2n) is 6.69. The average molecular weight is 405 g/mol. The van der Waals surface area contributed by atoms with Crippen LogP contribution in [0.1, 0.15) is 31.8 Å². The SMILES string of the molecule is CN(Cc1ccccc1F)C(=O)COC(=O)c1ccc(C(=O)c2ccccc2)cc1. The second kappa shape index (κ2) is 9.60. The highest BCUT2D eigenvalue weighted by molar-refractivity contribution is 6.09. The van der Waals surface area contributed by atoms with Gasteiger partial charge in [0, 0.05) is 30.3 Å². The highest BCUT2D eigenvalue weighted by Crippen LogP contribution is 2.12. The fourth-order valence-corrected chi connectivity index (χ4v) is 2.81. The first-order chi connectivity index (χ1) is 14.5. The molecule has 0 N–H and O–H groups in total. The summed E-state index contributed by atoms with van der Waals surface area (Å²) in [5.74, 6) is -1.69.